The molecule has 0 bridgehead atoms. The first kappa shape index (κ1) is 24.0. The number of imidazole rings is 1. The summed E-state index contributed by atoms with van der Waals surface area (Å²) in [5.74, 6) is 1.59. The van der Waals surface area contributed by atoms with Crippen LogP contribution in [0, 0.1) is 0 Å². The molecule has 0 aliphatic heterocycles. The van der Waals surface area contributed by atoms with Crippen LogP contribution in [0.2, 0.25) is 0 Å². The second-order valence-electron chi connectivity index (χ2n) is 11.6. The van der Waals surface area contributed by atoms with E-state index in [0.29, 0.717) is 11.8 Å². The summed E-state index contributed by atoms with van der Waals surface area (Å²) >= 11 is 0. The molecule has 0 spiro atoms. The Kier molecular flexibility index (Phi) is 5.17. The van der Waals surface area contributed by atoms with Crippen LogP contribution >= 0.6 is 0 Å². The molecule has 41 heavy (non-hydrogen) atoms. The highest BCUT2D eigenvalue weighted by atomic mass is 16.3. The summed E-state index contributed by atoms with van der Waals surface area (Å²) in [6.45, 7) is 9.06. The number of hydrogen-bond acceptors (Lipinski definition) is 3. The molecule has 0 amide bonds. The minimum atomic E-state index is 0.349. The van der Waals surface area contributed by atoms with Crippen molar-refractivity contribution in [2.75, 3.05) is 0 Å². The fourth-order valence-corrected chi connectivity index (χ4v) is 6.44. The third-order valence-corrected chi connectivity index (χ3v) is 8.37. The Morgan fingerprint density at radius 3 is 2.07 bits per heavy atom. The van der Waals surface area contributed by atoms with Crippen LogP contribution in [0.15, 0.2) is 106 Å². The molecule has 0 fully saturated rings. The van der Waals surface area contributed by atoms with Gasteiger partial charge in [-0.3, -0.25) is 4.57 Å². The highest BCUT2D eigenvalue weighted by Gasteiger charge is 2.25. The lowest BCUT2D eigenvalue weighted by molar-refractivity contribution is 0.663. The van der Waals surface area contributed by atoms with E-state index in [-0.39, 0.29) is 0 Å². The Morgan fingerprint density at radius 2 is 1.27 bits per heavy atom. The van der Waals surface area contributed by atoms with Gasteiger partial charge in [-0.1, -0.05) is 88.4 Å². The number of fused-ring (bicyclic) bond motifs is 8. The SMILES string of the molecule is CC(C)c1cccc(C(C)C)c1-n1c(-c2cccc3c2oc2c3ccc3oc4ccccc4c32)nc2ccccc21. The molecule has 0 saturated carbocycles. The summed E-state index contributed by atoms with van der Waals surface area (Å²) in [4.78, 5) is 5.27. The number of aromatic nitrogens is 2. The molecular weight excluding hydrogens is 504 g/mol. The van der Waals surface area contributed by atoms with Crippen molar-refractivity contribution in [3.63, 3.8) is 0 Å². The molecular formula is C37H30N2O2. The molecule has 0 N–H and O–H groups in total. The van der Waals surface area contributed by atoms with Crippen LogP contribution in [0.5, 0.6) is 0 Å². The zero-order valence-corrected chi connectivity index (χ0v) is 23.6. The average Bonchev–Trinajstić information content (AvgIpc) is 3.67. The number of para-hydroxylation sites is 5. The fraction of sp³-hybridized carbons (Fsp3) is 0.162. The molecule has 8 aromatic rings. The van der Waals surface area contributed by atoms with Gasteiger partial charge in [-0.25, -0.2) is 4.98 Å². The smallest absolute Gasteiger partial charge is 0.149 e. The first-order chi connectivity index (χ1) is 20.0. The second-order valence-corrected chi connectivity index (χ2v) is 11.6. The van der Waals surface area contributed by atoms with E-state index in [1.165, 1.54) is 16.8 Å². The average molecular weight is 535 g/mol. The lowest BCUT2D eigenvalue weighted by Gasteiger charge is -2.22. The zero-order valence-electron chi connectivity index (χ0n) is 23.6. The fourth-order valence-electron chi connectivity index (χ4n) is 6.44. The van der Waals surface area contributed by atoms with Gasteiger partial charge in [0, 0.05) is 16.2 Å². The Morgan fingerprint density at radius 1 is 0.585 bits per heavy atom. The van der Waals surface area contributed by atoms with Gasteiger partial charge in [0.25, 0.3) is 0 Å². The molecule has 0 radical (unpaired) electrons. The van der Waals surface area contributed by atoms with Gasteiger partial charge in [0.2, 0.25) is 0 Å². The summed E-state index contributed by atoms with van der Waals surface area (Å²) in [5, 5.41) is 4.23. The van der Waals surface area contributed by atoms with Crippen molar-refractivity contribution in [2.24, 2.45) is 0 Å². The van der Waals surface area contributed by atoms with Crippen LogP contribution in [0.1, 0.15) is 50.7 Å². The molecule has 4 nitrogen and oxygen atoms in total. The summed E-state index contributed by atoms with van der Waals surface area (Å²) < 4.78 is 15.4. The van der Waals surface area contributed by atoms with Crippen molar-refractivity contribution in [1.29, 1.82) is 0 Å². The van der Waals surface area contributed by atoms with E-state index in [2.05, 4.69) is 111 Å². The van der Waals surface area contributed by atoms with E-state index in [0.717, 1.165) is 66.3 Å². The molecule has 0 aliphatic rings. The van der Waals surface area contributed by atoms with Crippen molar-refractivity contribution in [1.82, 2.24) is 9.55 Å². The number of benzene rings is 5. The minimum Gasteiger partial charge on any atom is -0.456 e. The third-order valence-electron chi connectivity index (χ3n) is 8.37. The Hall–Kier alpha value is -4.83. The highest BCUT2D eigenvalue weighted by molar-refractivity contribution is 6.23. The third kappa shape index (κ3) is 3.43. The zero-order chi connectivity index (χ0) is 27.8. The van der Waals surface area contributed by atoms with Gasteiger partial charge in [-0.05, 0) is 59.4 Å². The van der Waals surface area contributed by atoms with Crippen LogP contribution in [-0.4, -0.2) is 9.55 Å². The number of hydrogen-bond donors (Lipinski definition) is 0. The van der Waals surface area contributed by atoms with Crippen LogP contribution in [-0.2, 0) is 0 Å². The summed E-state index contributed by atoms with van der Waals surface area (Å²) in [5.41, 5.74) is 10.3. The molecule has 0 saturated heterocycles. The first-order valence-electron chi connectivity index (χ1n) is 14.4. The molecule has 3 heterocycles. The van der Waals surface area contributed by atoms with Crippen molar-refractivity contribution in [3.8, 4) is 17.1 Å². The molecule has 0 unspecified atom stereocenters. The van der Waals surface area contributed by atoms with Crippen molar-refractivity contribution in [2.45, 2.75) is 39.5 Å². The Balaban J connectivity index is 1.50. The van der Waals surface area contributed by atoms with Gasteiger partial charge >= 0.3 is 0 Å². The molecule has 0 atom stereocenters. The molecule has 8 rings (SSSR count). The number of rotatable bonds is 4. The van der Waals surface area contributed by atoms with Gasteiger partial charge in [-0.2, -0.15) is 0 Å². The maximum absolute atomic E-state index is 6.85. The van der Waals surface area contributed by atoms with E-state index in [9.17, 15) is 0 Å². The van der Waals surface area contributed by atoms with E-state index in [1.807, 2.05) is 18.2 Å². The van der Waals surface area contributed by atoms with Crippen molar-refractivity contribution < 1.29 is 8.83 Å². The molecule has 5 aromatic carbocycles. The van der Waals surface area contributed by atoms with Crippen LogP contribution < -0.4 is 0 Å². The number of nitrogens with zero attached hydrogens (tertiary/aromatic N) is 2. The van der Waals surface area contributed by atoms with Crippen LogP contribution in [0.3, 0.4) is 0 Å². The van der Waals surface area contributed by atoms with Crippen LogP contribution in [0.25, 0.3) is 72.0 Å². The molecule has 0 aliphatic carbocycles. The largest absolute Gasteiger partial charge is 0.456 e. The van der Waals surface area contributed by atoms with E-state index < -0.39 is 0 Å². The quantitative estimate of drug-likeness (QED) is 0.225. The second kappa shape index (κ2) is 8.84. The van der Waals surface area contributed by atoms with Gasteiger partial charge in [0.15, 0.2) is 0 Å². The Labute approximate surface area is 237 Å². The normalized spacial score (nSPS) is 12.3. The first-order valence-corrected chi connectivity index (χ1v) is 14.4. The predicted molar refractivity (Wildman–Crippen MR) is 169 cm³/mol. The Bertz CT molecular complexity index is 2250. The summed E-state index contributed by atoms with van der Waals surface area (Å²) in [6.07, 6.45) is 0. The van der Waals surface area contributed by atoms with Crippen molar-refractivity contribution >= 4 is 54.9 Å². The molecule has 4 heteroatoms. The maximum atomic E-state index is 6.85. The summed E-state index contributed by atoms with van der Waals surface area (Å²) in [7, 11) is 0. The highest BCUT2D eigenvalue weighted by Crippen LogP contribution is 2.43. The van der Waals surface area contributed by atoms with Gasteiger partial charge in [0.05, 0.1) is 27.7 Å². The van der Waals surface area contributed by atoms with Gasteiger partial charge in [-0.15, -0.1) is 0 Å². The minimum absolute atomic E-state index is 0.349. The topological polar surface area (TPSA) is 44.1 Å². The molecule has 3 aromatic heterocycles. The van der Waals surface area contributed by atoms with Gasteiger partial charge < -0.3 is 8.83 Å². The predicted octanol–water partition coefficient (Wildman–Crippen LogP) is 10.7. The lowest BCUT2D eigenvalue weighted by Crippen LogP contribution is -2.08. The standard InChI is InChI=1S/C37H30N2O2/c1-21(2)23-12-9-13-24(22(3)4)34(23)39-30-17-7-6-16-29(30)38-37(39)28-15-10-14-25-26-19-20-32-33(36(26)41-35(25)28)27-11-5-8-18-31(27)40-32/h5-22H,1-4H3. The lowest BCUT2D eigenvalue weighted by atomic mass is 9.92. The van der Waals surface area contributed by atoms with Crippen LogP contribution in [0.4, 0.5) is 0 Å². The summed E-state index contributed by atoms with van der Waals surface area (Å²) in [6, 6.07) is 33.9. The van der Waals surface area contributed by atoms with Gasteiger partial charge in [0.1, 0.15) is 28.2 Å². The monoisotopic (exact) mass is 534 g/mol. The van der Waals surface area contributed by atoms with E-state index in [4.69, 9.17) is 13.8 Å². The number of furan rings is 2. The maximum Gasteiger partial charge on any atom is 0.149 e. The van der Waals surface area contributed by atoms with Crippen molar-refractivity contribution in [3.05, 3.63) is 108 Å². The molecule has 200 valence electrons. The van der Waals surface area contributed by atoms with E-state index in [1.54, 1.807) is 0 Å². The van der Waals surface area contributed by atoms with E-state index >= 15 is 0 Å².